The average Bonchev–Trinajstić information content (AvgIpc) is 3.07. The van der Waals surface area contributed by atoms with Gasteiger partial charge < -0.3 is 9.47 Å². The fraction of sp³-hybridized carbons (Fsp3) is 0.167. The molecule has 7 heteroatoms. The number of allylic oxidation sites excluding steroid dienone is 1. The standard InChI is InChI=1S/C24H18Cl2N2O3/c1-14-23-17(12-28(13-30-23)11-15-4-6-27-7-5-15)10-18-22(29)21(31-24(14)18)9-16-2-3-19(25)20(26)8-16/h2-10H,11-13H2,1H3/b21-9-. The first-order valence-corrected chi connectivity index (χ1v) is 10.5. The number of halogens is 2. The first-order valence-electron chi connectivity index (χ1n) is 9.79. The Balaban J connectivity index is 1.43. The monoisotopic (exact) mass is 452 g/mol. The lowest BCUT2D eigenvalue weighted by Gasteiger charge is -2.30. The summed E-state index contributed by atoms with van der Waals surface area (Å²) in [6.45, 7) is 3.82. The lowest BCUT2D eigenvalue weighted by molar-refractivity contribution is 0.0876. The predicted molar refractivity (Wildman–Crippen MR) is 120 cm³/mol. The van der Waals surface area contributed by atoms with Crippen molar-refractivity contribution >= 4 is 35.1 Å². The Morgan fingerprint density at radius 3 is 2.68 bits per heavy atom. The Hall–Kier alpha value is -2.86. The number of fused-ring (bicyclic) bond motifs is 2. The molecule has 5 rings (SSSR count). The van der Waals surface area contributed by atoms with Crippen LogP contribution in [0.15, 0.2) is 54.6 Å². The second-order valence-electron chi connectivity index (χ2n) is 7.60. The Kier molecular flexibility index (Phi) is 5.18. The Morgan fingerprint density at radius 2 is 1.90 bits per heavy atom. The molecule has 0 bridgehead atoms. The molecule has 0 fully saturated rings. The number of pyridine rings is 1. The van der Waals surface area contributed by atoms with Gasteiger partial charge >= 0.3 is 0 Å². The number of carbonyl (C=O) groups excluding carboxylic acids is 1. The summed E-state index contributed by atoms with van der Waals surface area (Å²) in [5, 5.41) is 0.885. The van der Waals surface area contributed by atoms with E-state index in [9.17, 15) is 4.79 Å². The van der Waals surface area contributed by atoms with E-state index in [4.69, 9.17) is 32.7 Å². The van der Waals surface area contributed by atoms with Crippen molar-refractivity contribution in [2.24, 2.45) is 0 Å². The number of Topliss-reactive ketones (excluding diaryl/α,β-unsaturated/α-hetero) is 1. The first-order chi connectivity index (χ1) is 15.0. The highest BCUT2D eigenvalue weighted by molar-refractivity contribution is 6.42. The van der Waals surface area contributed by atoms with Gasteiger partial charge in [-0.15, -0.1) is 0 Å². The highest BCUT2D eigenvalue weighted by atomic mass is 35.5. The third-order valence-corrected chi connectivity index (χ3v) is 6.14. The molecule has 0 saturated carbocycles. The second-order valence-corrected chi connectivity index (χ2v) is 8.41. The van der Waals surface area contributed by atoms with Crippen molar-refractivity contribution < 1.29 is 14.3 Å². The number of ether oxygens (including phenoxy) is 2. The van der Waals surface area contributed by atoms with E-state index in [0.717, 1.165) is 34.5 Å². The molecule has 0 amide bonds. The number of nitrogens with zero attached hydrogens (tertiary/aromatic N) is 2. The summed E-state index contributed by atoms with van der Waals surface area (Å²) in [6, 6.07) is 11.0. The molecule has 2 aromatic carbocycles. The van der Waals surface area contributed by atoms with Gasteiger partial charge in [-0.2, -0.15) is 0 Å². The van der Waals surface area contributed by atoms with E-state index < -0.39 is 0 Å². The average molecular weight is 453 g/mol. The van der Waals surface area contributed by atoms with Crippen LogP contribution in [-0.4, -0.2) is 22.4 Å². The fourth-order valence-electron chi connectivity index (χ4n) is 3.90. The van der Waals surface area contributed by atoms with Gasteiger partial charge in [0.05, 0.1) is 15.6 Å². The van der Waals surface area contributed by atoms with Gasteiger partial charge in [-0.25, -0.2) is 0 Å². The van der Waals surface area contributed by atoms with Crippen LogP contribution in [-0.2, 0) is 13.1 Å². The van der Waals surface area contributed by atoms with Gasteiger partial charge in [0.25, 0.3) is 0 Å². The van der Waals surface area contributed by atoms with Crippen LogP contribution in [0.25, 0.3) is 6.08 Å². The maximum Gasteiger partial charge on any atom is 0.231 e. The van der Waals surface area contributed by atoms with Crippen LogP contribution in [0.5, 0.6) is 11.5 Å². The number of benzene rings is 2. The highest BCUT2D eigenvalue weighted by Crippen LogP contribution is 2.43. The lowest BCUT2D eigenvalue weighted by Crippen LogP contribution is -2.32. The van der Waals surface area contributed by atoms with Crippen LogP contribution in [0.1, 0.15) is 32.6 Å². The SMILES string of the molecule is Cc1c2c(cc3c1O/C(=C\c1ccc(Cl)c(Cl)c1)C3=O)CN(Cc1ccncc1)CO2. The summed E-state index contributed by atoms with van der Waals surface area (Å²) >= 11 is 12.1. The largest absolute Gasteiger partial charge is 0.477 e. The molecule has 0 saturated heterocycles. The number of hydrogen-bond acceptors (Lipinski definition) is 5. The van der Waals surface area contributed by atoms with Gasteiger partial charge in [0.2, 0.25) is 5.78 Å². The van der Waals surface area contributed by atoms with E-state index in [2.05, 4.69) is 9.88 Å². The van der Waals surface area contributed by atoms with E-state index in [0.29, 0.717) is 34.6 Å². The molecule has 0 atom stereocenters. The van der Waals surface area contributed by atoms with Crippen molar-refractivity contribution in [3.8, 4) is 11.5 Å². The molecule has 2 aliphatic rings. The third-order valence-electron chi connectivity index (χ3n) is 5.40. The quantitative estimate of drug-likeness (QED) is 0.479. The number of hydrogen-bond donors (Lipinski definition) is 0. The van der Waals surface area contributed by atoms with Crippen molar-refractivity contribution in [3.63, 3.8) is 0 Å². The molecule has 156 valence electrons. The molecule has 0 aliphatic carbocycles. The molecule has 1 aromatic heterocycles. The zero-order chi connectivity index (χ0) is 21.5. The van der Waals surface area contributed by atoms with Crippen LogP contribution < -0.4 is 9.47 Å². The summed E-state index contributed by atoms with van der Waals surface area (Å²) in [4.78, 5) is 19.3. The van der Waals surface area contributed by atoms with Crippen LogP contribution in [0.2, 0.25) is 10.0 Å². The van der Waals surface area contributed by atoms with Crippen LogP contribution >= 0.6 is 23.2 Å². The number of ketones is 1. The van der Waals surface area contributed by atoms with Crippen molar-refractivity contribution in [2.45, 2.75) is 20.0 Å². The van der Waals surface area contributed by atoms with Gasteiger partial charge in [0, 0.05) is 36.6 Å². The van der Waals surface area contributed by atoms with Crippen LogP contribution in [0, 0.1) is 6.92 Å². The minimum absolute atomic E-state index is 0.154. The minimum atomic E-state index is -0.154. The van der Waals surface area contributed by atoms with Crippen LogP contribution in [0.4, 0.5) is 0 Å². The zero-order valence-corrected chi connectivity index (χ0v) is 18.2. The highest BCUT2D eigenvalue weighted by Gasteiger charge is 2.33. The second kappa shape index (κ2) is 8.00. The topological polar surface area (TPSA) is 51.7 Å². The molecule has 0 radical (unpaired) electrons. The molecular weight excluding hydrogens is 435 g/mol. The molecule has 3 heterocycles. The van der Waals surface area contributed by atoms with Crippen molar-refractivity contribution in [1.29, 1.82) is 0 Å². The smallest absolute Gasteiger partial charge is 0.231 e. The Morgan fingerprint density at radius 1 is 1.10 bits per heavy atom. The molecular formula is C24H18Cl2N2O3. The zero-order valence-electron chi connectivity index (χ0n) is 16.7. The van der Waals surface area contributed by atoms with Gasteiger partial charge in [0.1, 0.15) is 18.2 Å². The summed E-state index contributed by atoms with van der Waals surface area (Å²) in [5.41, 5.74) is 4.27. The van der Waals surface area contributed by atoms with Crippen molar-refractivity contribution in [2.75, 3.05) is 6.73 Å². The Labute approximate surface area is 189 Å². The maximum absolute atomic E-state index is 13.0. The summed E-state index contributed by atoms with van der Waals surface area (Å²) in [7, 11) is 0. The summed E-state index contributed by atoms with van der Waals surface area (Å²) < 4.78 is 12.0. The van der Waals surface area contributed by atoms with Crippen molar-refractivity contribution in [3.05, 3.63) is 92.4 Å². The maximum atomic E-state index is 13.0. The van der Waals surface area contributed by atoms with Gasteiger partial charge in [-0.05, 0) is 54.5 Å². The summed E-state index contributed by atoms with van der Waals surface area (Å²) in [5.74, 6) is 1.44. The van der Waals surface area contributed by atoms with Gasteiger partial charge in [-0.3, -0.25) is 14.7 Å². The molecule has 0 unspecified atom stereocenters. The van der Waals surface area contributed by atoms with Crippen LogP contribution in [0.3, 0.4) is 0 Å². The fourth-order valence-corrected chi connectivity index (χ4v) is 4.20. The van der Waals surface area contributed by atoms with E-state index in [-0.39, 0.29) is 11.5 Å². The van der Waals surface area contributed by atoms with E-state index in [1.807, 2.05) is 25.1 Å². The number of aromatic nitrogens is 1. The van der Waals surface area contributed by atoms with Gasteiger partial charge in [-0.1, -0.05) is 29.3 Å². The predicted octanol–water partition coefficient (Wildman–Crippen LogP) is 5.67. The van der Waals surface area contributed by atoms with E-state index >= 15 is 0 Å². The lowest BCUT2D eigenvalue weighted by atomic mass is 10.00. The van der Waals surface area contributed by atoms with Crippen molar-refractivity contribution in [1.82, 2.24) is 9.88 Å². The molecule has 5 nitrogen and oxygen atoms in total. The van der Waals surface area contributed by atoms with E-state index in [1.54, 1.807) is 36.7 Å². The summed E-state index contributed by atoms with van der Waals surface area (Å²) in [6.07, 6.45) is 5.24. The molecule has 0 N–H and O–H groups in total. The molecule has 2 aliphatic heterocycles. The molecule has 31 heavy (non-hydrogen) atoms. The molecule has 0 spiro atoms. The minimum Gasteiger partial charge on any atom is -0.477 e. The first kappa shape index (κ1) is 20.1. The molecule has 3 aromatic rings. The Bertz CT molecular complexity index is 1230. The van der Waals surface area contributed by atoms with Gasteiger partial charge in [0.15, 0.2) is 5.76 Å². The third kappa shape index (κ3) is 3.81. The number of carbonyl (C=O) groups is 1. The normalized spacial score (nSPS) is 16.6. The number of rotatable bonds is 3. The van der Waals surface area contributed by atoms with E-state index in [1.165, 1.54) is 0 Å².